The second-order valence-electron chi connectivity index (χ2n) is 4.73. The molecule has 0 N–H and O–H groups in total. The van der Waals surface area contributed by atoms with Crippen molar-refractivity contribution in [3.05, 3.63) is 76.8 Å². The van der Waals surface area contributed by atoms with E-state index in [1.54, 1.807) is 0 Å². The van der Waals surface area contributed by atoms with Crippen molar-refractivity contribution >= 4 is 34.3 Å². The van der Waals surface area contributed by atoms with Crippen LogP contribution < -0.4 is 0 Å². The molecule has 0 heterocycles. The highest BCUT2D eigenvalue weighted by atomic mass is 35.5. The molecular weight excluding hydrogens is 266 g/mol. The van der Waals surface area contributed by atoms with Gasteiger partial charge in [0.1, 0.15) is 0 Å². The van der Waals surface area contributed by atoms with E-state index in [-0.39, 0.29) is 0 Å². The van der Waals surface area contributed by atoms with E-state index in [1.165, 1.54) is 5.39 Å². The molecule has 98 valence electrons. The fraction of sp³-hybridized carbons (Fsp3) is 0.0556. The molecule has 0 saturated heterocycles. The molecule has 0 aliphatic carbocycles. The number of rotatable bonds is 2. The van der Waals surface area contributed by atoms with Gasteiger partial charge in [0.25, 0.3) is 0 Å². The molecule has 1 nitrogen and oxygen atoms in total. The topological polar surface area (TPSA) is 12.4 Å². The molecule has 3 rings (SSSR count). The molecule has 0 aliphatic rings. The fourth-order valence-electron chi connectivity index (χ4n) is 2.26. The van der Waals surface area contributed by atoms with Crippen LogP contribution in [0.4, 0.5) is 5.69 Å². The maximum absolute atomic E-state index is 6.22. The summed E-state index contributed by atoms with van der Waals surface area (Å²) in [5.41, 5.74) is 3.06. The third-order valence-electron chi connectivity index (χ3n) is 3.37. The Morgan fingerprint density at radius 3 is 2.50 bits per heavy atom. The van der Waals surface area contributed by atoms with Crippen molar-refractivity contribution in [3.63, 3.8) is 0 Å². The molecule has 0 amide bonds. The lowest BCUT2D eigenvalue weighted by molar-refractivity contribution is 1.44. The zero-order chi connectivity index (χ0) is 13.9. The third kappa shape index (κ3) is 2.45. The molecule has 0 bridgehead atoms. The number of fused-ring (bicyclic) bond motifs is 1. The van der Waals surface area contributed by atoms with Crippen LogP contribution in [-0.4, -0.2) is 6.21 Å². The van der Waals surface area contributed by atoms with E-state index in [1.807, 2.05) is 55.6 Å². The van der Waals surface area contributed by atoms with E-state index < -0.39 is 0 Å². The number of hydrogen-bond acceptors (Lipinski definition) is 1. The molecule has 0 unspecified atom stereocenters. The molecule has 0 radical (unpaired) electrons. The van der Waals surface area contributed by atoms with E-state index in [0.29, 0.717) is 0 Å². The Morgan fingerprint density at radius 1 is 0.900 bits per heavy atom. The highest BCUT2D eigenvalue weighted by Crippen LogP contribution is 2.26. The lowest BCUT2D eigenvalue weighted by atomic mass is 10.1. The molecule has 0 spiro atoms. The standard InChI is InChI=1S/C18H14ClN/c1-13-6-4-10-17(19)16(13)12-20-18-11-5-8-14-7-2-3-9-15(14)18/h2-12H,1H3. The monoisotopic (exact) mass is 279 g/mol. The van der Waals surface area contributed by atoms with E-state index in [2.05, 4.69) is 23.2 Å². The van der Waals surface area contributed by atoms with Gasteiger partial charge in [0, 0.05) is 22.2 Å². The molecule has 0 saturated carbocycles. The molecule has 0 atom stereocenters. The Labute approximate surface area is 123 Å². The van der Waals surface area contributed by atoms with Gasteiger partial charge in [-0.25, -0.2) is 0 Å². The van der Waals surface area contributed by atoms with Crippen LogP contribution in [0.25, 0.3) is 10.8 Å². The number of halogens is 1. The lowest BCUT2D eigenvalue weighted by Crippen LogP contribution is -1.87. The van der Waals surface area contributed by atoms with Crippen molar-refractivity contribution in [1.29, 1.82) is 0 Å². The summed E-state index contributed by atoms with van der Waals surface area (Å²) in [6, 6.07) is 20.3. The summed E-state index contributed by atoms with van der Waals surface area (Å²) in [6.07, 6.45) is 1.85. The molecule has 0 fully saturated rings. The predicted octanol–water partition coefficient (Wildman–Crippen LogP) is 5.55. The van der Waals surface area contributed by atoms with Gasteiger partial charge in [0.15, 0.2) is 0 Å². The van der Waals surface area contributed by atoms with Crippen molar-refractivity contribution in [1.82, 2.24) is 0 Å². The largest absolute Gasteiger partial charge is 0.256 e. The van der Waals surface area contributed by atoms with Crippen LogP contribution in [-0.2, 0) is 0 Å². The summed E-state index contributed by atoms with van der Waals surface area (Å²) in [6.45, 7) is 2.04. The second-order valence-corrected chi connectivity index (χ2v) is 5.13. The summed E-state index contributed by atoms with van der Waals surface area (Å²) < 4.78 is 0. The molecule has 2 heteroatoms. The van der Waals surface area contributed by atoms with Crippen LogP contribution in [0.1, 0.15) is 11.1 Å². The number of benzene rings is 3. The summed E-state index contributed by atoms with van der Waals surface area (Å²) in [4.78, 5) is 4.62. The Balaban J connectivity index is 2.07. The van der Waals surface area contributed by atoms with Crippen molar-refractivity contribution in [3.8, 4) is 0 Å². The Kier molecular flexibility index (Phi) is 3.53. The average molecular weight is 280 g/mol. The highest BCUT2D eigenvalue weighted by Gasteiger charge is 2.01. The van der Waals surface area contributed by atoms with E-state index in [0.717, 1.165) is 27.2 Å². The van der Waals surface area contributed by atoms with Crippen molar-refractivity contribution in [2.75, 3.05) is 0 Å². The van der Waals surface area contributed by atoms with Crippen molar-refractivity contribution < 1.29 is 0 Å². The van der Waals surface area contributed by atoms with Crippen LogP contribution in [0.15, 0.2) is 65.7 Å². The quantitative estimate of drug-likeness (QED) is 0.545. The smallest absolute Gasteiger partial charge is 0.0708 e. The van der Waals surface area contributed by atoms with Crippen LogP contribution in [0, 0.1) is 6.92 Å². The second kappa shape index (κ2) is 5.48. The van der Waals surface area contributed by atoms with Gasteiger partial charge < -0.3 is 0 Å². The van der Waals surface area contributed by atoms with E-state index >= 15 is 0 Å². The van der Waals surface area contributed by atoms with Crippen LogP contribution in [0.5, 0.6) is 0 Å². The van der Waals surface area contributed by atoms with Crippen LogP contribution >= 0.6 is 11.6 Å². The van der Waals surface area contributed by atoms with Crippen LogP contribution in [0.3, 0.4) is 0 Å². The summed E-state index contributed by atoms with van der Waals surface area (Å²) in [5.74, 6) is 0. The number of hydrogen-bond donors (Lipinski definition) is 0. The summed E-state index contributed by atoms with van der Waals surface area (Å²) in [7, 11) is 0. The maximum atomic E-state index is 6.22. The van der Waals surface area contributed by atoms with E-state index in [9.17, 15) is 0 Å². The Bertz CT molecular complexity index is 765. The number of nitrogens with zero attached hydrogens (tertiary/aromatic N) is 1. The van der Waals surface area contributed by atoms with Crippen molar-refractivity contribution in [2.45, 2.75) is 6.92 Å². The first-order chi connectivity index (χ1) is 9.75. The van der Waals surface area contributed by atoms with Gasteiger partial charge in [-0.2, -0.15) is 0 Å². The first kappa shape index (κ1) is 12.9. The fourth-order valence-corrected chi connectivity index (χ4v) is 2.53. The minimum atomic E-state index is 0.731. The summed E-state index contributed by atoms with van der Waals surface area (Å²) in [5, 5.41) is 3.07. The Hall–Kier alpha value is -2.12. The normalized spacial score (nSPS) is 11.3. The molecule has 20 heavy (non-hydrogen) atoms. The Morgan fingerprint density at radius 2 is 1.65 bits per heavy atom. The average Bonchev–Trinajstić information content (AvgIpc) is 2.47. The van der Waals surface area contributed by atoms with Gasteiger partial charge in [-0.3, -0.25) is 4.99 Å². The number of aliphatic imine (C=N–C) groups is 1. The first-order valence-corrected chi connectivity index (χ1v) is 6.90. The first-order valence-electron chi connectivity index (χ1n) is 6.52. The number of aryl methyl sites for hydroxylation is 1. The van der Waals surface area contributed by atoms with Gasteiger partial charge in [0.05, 0.1) is 5.69 Å². The minimum Gasteiger partial charge on any atom is -0.256 e. The third-order valence-corrected chi connectivity index (χ3v) is 3.70. The maximum Gasteiger partial charge on any atom is 0.0708 e. The van der Waals surface area contributed by atoms with Gasteiger partial charge in [-0.15, -0.1) is 0 Å². The molecule has 3 aromatic carbocycles. The highest BCUT2D eigenvalue weighted by molar-refractivity contribution is 6.33. The zero-order valence-corrected chi connectivity index (χ0v) is 11.9. The molecule has 0 aromatic heterocycles. The van der Waals surface area contributed by atoms with Gasteiger partial charge >= 0.3 is 0 Å². The molecule has 3 aromatic rings. The minimum absolute atomic E-state index is 0.731. The SMILES string of the molecule is Cc1cccc(Cl)c1C=Nc1cccc2ccccc12. The molecular formula is C18H14ClN. The van der Waals surface area contributed by atoms with Gasteiger partial charge in [-0.1, -0.05) is 60.1 Å². The lowest BCUT2D eigenvalue weighted by Gasteiger charge is -2.04. The van der Waals surface area contributed by atoms with Gasteiger partial charge in [-0.05, 0) is 30.0 Å². The predicted molar refractivity (Wildman–Crippen MR) is 87.4 cm³/mol. The van der Waals surface area contributed by atoms with E-state index in [4.69, 9.17) is 11.6 Å². The summed E-state index contributed by atoms with van der Waals surface area (Å²) >= 11 is 6.22. The zero-order valence-electron chi connectivity index (χ0n) is 11.2. The van der Waals surface area contributed by atoms with Crippen molar-refractivity contribution in [2.24, 2.45) is 4.99 Å². The molecule has 0 aliphatic heterocycles. The van der Waals surface area contributed by atoms with Gasteiger partial charge in [0.2, 0.25) is 0 Å². The van der Waals surface area contributed by atoms with Crippen LogP contribution in [0.2, 0.25) is 5.02 Å².